The molecule has 3 heteroatoms. The summed E-state index contributed by atoms with van der Waals surface area (Å²) in [6.45, 7) is 1.25. The van der Waals surface area contributed by atoms with Gasteiger partial charge in [0, 0.05) is 19.0 Å². The van der Waals surface area contributed by atoms with Gasteiger partial charge in [-0.15, -0.1) is 0 Å². The second kappa shape index (κ2) is 4.73. The minimum Gasteiger partial charge on any atom is -0.391 e. The van der Waals surface area contributed by atoms with E-state index in [9.17, 15) is 9.90 Å². The molecule has 18 heavy (non-hydrogen) atoms. The fraction of sp³-hybridized carbons (Fsp3) is 0.533. The number of carbonyl (C=O) groups is 1. The molecule has 1 N–H and O–H groups in total. The van der Waals surface area contributed by atoms with Crippen molar-refractivity contribution in [3.05, 3.63) is 35.4 Å². The van der Waals surface area contributed by atoms with Crippen LogP contribution in [0.4, 0.5) is 0 Å². The Labute approximate surface area is 107 Å². The van der Waals surface area contributed by atoms with E-state index in [1.54, 1.807) is 0 Å². The van der Waals surface area contributed by atoms with Gasteiger partial charge in [-0.1, -0.05) is 24.3 Å². The Morgan fingerprint density at radius 2 is 2.00 bits per heavy atom. The topological polar surface area (TPSA) is 40.5 Å². The Hall–Kier alpha value is -1.35. The van der Waals surface area contributed by atoms with E-state index < -0.39 is 0 Å². The Balaban J connectivity index is 1.70. The normalized spacial score (nSPS) is 27.1. The molecule has 1 aliphatic heterocycles. The summed E-state index contributed by atoms with van der Waals surface area (Å²) in [4.78, 5) is 14.2. The quantitative estimate of drug-likeness (QED) is 0.812. The molecule has 3 nitrogen and oxygen atoms in total. The third-order valence-corrected chi connectivity index (χ3v) is 4.17. The molecule has 0 spiro atoms. The molecule has 1 heterocycles. The molecule has 2 aliphatic rings. The Bertz CT molecular complexity index is 458. The van der Waals surface area contributed by atoms with Gasteiger partial charge >= 0.3 is 0 Å². The fourth-order valence-corrected chi connectivity index (χ4v) is 3.11. The lowest BCUT2D eigenvalue weighted by molar-refractivity contribution is -0.135. The van der Waals surface area contributed by atoms with Gasteiger partial charge in [0.05, 0.1) is 6.10 Å². The predicted molar refractivity (Wildman–Crippen MR) is 69.2 cm³/mol. The van der Waals surface area contributed by atoms with Gasteiger partial charge < -0.3 is 10.0 Å². The predicted octanol–water partition coefficient (Wildman–Crippen LogP) is 1.38. The molecule has 1 fully saturated rings. The zero-order chi connectivity index (χ0) is 12.5. The molecule has 0 saturated carbocycles. The molecular weight excluding hydrogens is 226 g/mol. The molecule has 1 aromatic rings. The summed E-state index contributed by atoms with van der Waals surface area (Å²) < 4.78 is 0. The number of aryl methyl sites for hydroxylation is 1. The first-order valence-corrected chi connectivity index (χ1v) is 6.77. The van der Waals surface area contributed by atoms with Gasteiger partial charge in [-0.25, -0.2) is 0 Å². The van der Waals surface area contributed by atoms with E-state index >= 15 is 0 Å². The van der Waals surface area contributed by atoms with Crippen LogP contribution in [-0.2, 0) is 17.6 Å². The van der Waals surface area contributed by atoms with E-state index in [1.165, 1.54) is 11.1 Å². The second-order valence-corrected chi connectivity index (χ2v) is 5.44. The Morgan fingerprint density at radius 3 is 2.72 bits per heavy atom. The third kappa shape index (κ3) is 2.15. The van der Waals surface area contributed by atoms with Crippen molar-refractivity contribution in [3.63, 3.8) is 0 Å². The highest BCUT2D eigenvalue weighted by atomic mass is 16.3. The van der Waals surface area contributed by atoms with Gasteiger partial charge in [-0.05, 0) is 36.8 Å². The van der Waals surface area contributed by atoms with Gasteiger partial charge in [-0.2, -0.15) is 0 Å². The summed E-state index contributed by atoms with van der Waals surface area (Å²) >= 11 is 0. The van der Waals surface area contributed by atoms with Gasteiger partial charge in [0.1, 0.15) is 0 Å². The van der Waals surface area contributed by atoms with Crippen molar-refractivity contribution in [2.45, 2.75) is 31.8 Å². The molecule has 1 aliphatic carbocycles. The van der Waals surface area contributed by atoms with Crippen LogP contribution in [0.15, 0.2) is 24.3 Å². The number of β-amino-alcohol motifs (C(OH)–C–C–N with tert-alkyl or cyclic N) is 1. The van der Waals surface area contributed by atoms with Gasteiger partial charge in [0.15, 0.2) is 0 Å². The fourth-order valence-electron chi connectivity index (χ4n) is 3.11. The van der Waals surface area contributed by atoms with Crippen molar-refractivity contribution in [3.8, 4) is 0 Å². The standard InChI is InChI=1S/C15H19NO2/c17-14-7-8-16(10-14)15(18)13-6-5-11-3-1-2-4-12(11)9-13/h1-4,13-14,17H,5-10H2/t13?,14-/m0/s1. The van der Waals surface area contributed by atoms with Crippen molar-refractivity contribution in [1.82, 2.24) is 4.90 Å². The van der Waals surface area contributed by atoms with Gasteiger partial charge in [0.2, 0.25) is 5.91 Å². The van der Waals surface area contributed by atoms with Crippen LogP contribution in [0.25, 0.3) is 0 Å². The number of aliphatic hydroxyl groups is 1. The van der Waals surface area contributed by atoms with Crippen LogP contribution in [0.3, 0.4) is 0 Å². The monoisotopic (exact) mass is 245 g/mol. The van der Waals surface area contributed by atoms with Crippen LogP contribution >= 0.6 is 0 Å². The highest BCUT2D eigenvalue weighted by Crippen LogP contribution is 2.27. The lowest BCUT2D eigenvalue weighted by Gasteiger charge is -2.27. The number of rotatable bonds is 1. The van der Waals surface area contributed by atoms with Crippen molar-refractivity contribution < 1.29 is 9.90 Å². The van der Waals surface area contributed by atoms with Crippen LogP contribution in [0.5, 0.6) is 0 Å². The summed E-state index contributed by atoms with van der Waals surface area (Å²) in [5.41, 5.74) is 2.71. The number of hydrogen-bond acceptors (Lipinski definition) is 2. The SMILES string of the molecule is O=C(C1CCc2ccccc2C1)N1CC[C@H](O)C1. The van der Waals surface area contributed by atoms with Crippen LogP contribution in [-0.4, -0.2) is 35.1 Å². The molecule has 1 aromatic carbocycles. The smallest absolute Gasteiger partial charge is 0.226 e. The molecule has 96 valence electrons. The van der Waals surface area contributed by atoms with E-state index in [1.807, 2.05) is 11.0 Å². The summed E-state index contributed by atoms with van der Waals surface area (Å²) in [5.74, 6) is 0.353. The molecule has 1 unspecified atom stereocenters. The summed E-state index contributed by atoms with van der Waals surface area (Å²) in [5, 5.41) is 9.51. The zero-order valence-corrected chi connectivity index (χ0v) is 10.5. The highest BCUT2D eigenvalue weighted by molar-refractivity contribution is 5.79. The van der Waals surface area contributed by atoms with E-state index in [0.717, 1.165) is 32.2 Å². The number of fused-ring (bicyclic) bond motifs is 1. The van der Waals surface area contributed by atoms with E-state index in [0.29, 0.717) is 6.54 Å². The second-order valence-electron chi connectivity index (χ2n) is 5.44. The summed E-state index contributed by atoms with van der Waals surface area (Å²) in [6.07, 6.45) is 3.23. The Kier molecular flexibility index (Phi) is 3.08. The maximum Gasteiger partial charge on any atom is 0.226 e. The number of aliphatic hydroxyl groups excluding tert-OH is 1. The lowest BCUT2D eigenvalue weighted by atomic mass is 9.83. The van der Waals surface area contributed by atoms with E-state index in [2.05, 4.69) is 18.2 Å². The molecule has 0 aromatic heterocycles. The van der Waals surface area contributed by atoms with Crippen LogP contribution in [0.1, 0.15) is 24.0 Å². The van der Waals surface area contributed by atoms with E-state index in [4.69, 9.17) is 0 Å². The number of carbonyl (C=O) groups excluding carboxylic acids is 1. The minimum atomic E-state index is -0.315. The molecule has 1 amide bonds. The number of benzene rings is 1. The van der Waals surface area contributed by atoms with Crippen LogP contribution < -0.4 is 0 Å². The van der Waals surface area contributed by atoms with Crippen molar-refractivity contribution in [1.29, 1.82) is 0 Å². The van der Waals surface area contributed by atoms with Gasteiger partial charge in [-0.3, -0.25) is 4.79 Å². The summed E-state index contributed by atoms with van der Waals surface area (Å²) in [7, 11) is 0. The number of likely N-dealkylation sites (tertiary alicyclic amines) is 1. The van der Waals surface area contributed by atoms with Crippen LogP contribution in [0.2, 0.25) is 0 Å². The first kappa shape index (κ1) is 11.7. The largest absolute Gasteiger partial charge is 0.391 e. The van der Waals surface area contributed by atoms with Crippen molar-refractivity contribution in [2.24, 2.45) is 5.92 Å². The van der Waals surface area contributed by atoms with E-state index in [-0.39, 0.29) is 17.9 Å². The van der Waals surface area contributed by atoms with Crippen molar-refractivity contribution in [2.75, 3.05) is 13.1 Å². The molecule has 1 saturated heterocycles. The first-order chi connectivity index (χ1) is 8.74. The average molecular weight is 245 g/mol. The number of nitrogens with zero attached hydrogens (tertiary/aromatic N) is 1. The molecule has 3 rings (SSSR count). The average Bonchev–Trinajstić information content (AvgIpc) is 2.84. The summed E-state index contributed by atoms with van der Waals surface area (Å²) in [6, 6.07) is 8.41. The maximum atomic E-state index is 12.4. The number of hydrogen-bond donors (Lipinski definition) is 1. The molecule has 0 radical (unpaired) electrons. The molecule has 0 bridgehead atoms. The lowest BCUT2D eigenvalue weighted by Crippen LogP contribution is -2.37. The van der Waals surface area contributed by atoms with Crippen LogP contribution in [0, 0.1) is 5.92 Å². The van der Waals surface area contributed by atoms with Gasteiger partial charge in [0.25, 0.3) is 0 Å². The highest BCUT2D eigenvalue weighted by Gasteiger charge is 2.31. The van der Waals surface area contributed by atoms with Crippen molar-refractivity contribution >= 4 is 5.91 Å². The maximum absolute atomic E-state index is 12.4. The third-order valence-electron chi connectivity index (χ3n) is 4.17. The molecule has 2 atom stereocenters. The first-order valence-electron chi connectivity index (χ1n) is 6.77. The zero-order valence-electron chi connectivity index (χ0n) is 10.5. The molecular formula is C15H19NO2. The number of amides is 1. The minimum absolute atomic E-state index is 0.116. The Morgan fingerprint density at radius 1 is 1.22 bits per heavy atom.